The second-order valence-electron chi connectivity index (χ2n) is 3.23. The lowest BCUT2D eigenvalue weighted by molar-refractivity contribution is 0.311. The summed E-state index contributed by atoms with van der Waals surface area (Å²) in [6.07, 6.45) is 0. The fourth-order valence-corrected chi connectivity index (χ4v) is 1.50. The van der Waals surface area contributed by atoms with E-state index >= 15 is 0 Å². The molecule has 0 amide bonds. The first-order valence-corrected chi connectivity index (χ1v) is 4.99. The highest BCUT2D eigenvalue weighted by Crippen LogP contribution is 2.31. The zero-order chi connectivity index (χ0) is 11.5. The second kappa shape index (κ2) is 4.26. The van der Waals surface area contributed by atoms with Crippen LogP contribution in [0.5, 0.6) is 11.5 Å². The molecule has 2 aromatic rings. The maximum Gasteiger partial charge on any atom is 0.336 e. The van der Waals surface area contributed by atoms with Gasteiger partial charge in [0, 0.05) is 17.5 Å². The average Bonchev–Trinajstić information content (AvgIpc) is 2.29. The van der Waals surface area contributed by atoms with Gasteiger partial charge in [-0.3, -0.25) is 0 Å². The minimum Gasteiger partial charge on any atom is -0.493 e. The van der Waals surface area contributed by atoms with Gasteiger partial charge in [-0.15, -0.1) is 0 Å². The number of ether oxygens (including phenoxy) is 2. The molecule has 0 aliphatic heterocycles. The SMILES string of the molecule is CCOc1cc2ccc(=O)oc2cc1OC. The van der Waals surface area contributed by atoms with Crippen molar-refractivity contribution in [3.05, 3.63) is 34.7 Å². The summed E-state index contributed by atoms with van der Waals surface area (Å²) >= 11 is 0. The molecule has 0 unspecified atom stereocenters. The van der Waals surface area contributed by atoms with Crippen molar-refractivity contribution in [2.75, 3.05) is 13.7 Å². The zero-order valence-corrected chi connectivity index (χ0v) is 9.15. The Labute approximate surface area is 92.4 Å². The molecule has 4 heteroatoms. The predicted octanol–water partition coefficient (Wildman–Crippen LogP) is 2.20. The van der Waals surface area contributed by atoms with Crippen molar-refractivity contribution < 1.29 is 13.9 Å². The first kappa shape index (κ1) is 10.5. The Balaban J connectivity index is 2.65. The second-order valence-corrected chi connectivity index (χ2v) is 3.23. The van der Waals surface area contributed by atoms with Crippen LogP contribution >= 0.6 is 0 Å². The van der Waals surface area contributed by atoms with E-state index in [1.165, 1.54) is 6.07 Å². The molecule has 0 bridgehead atoms. The van der Waals surface area contributed by atoms with E-state index in [1.807, 2.05) is 6.92 Å². The summed E-state index contributed by atoms with van der Waals surface area (Å²) in [5.41, 5.74) is 0.117. The van der Waals surface area contributed by atoms with Crippen LogP contribution in [0.3, 0.4) is 0 Å². The lowest BCUT2D eigenvalue weighted by atomic mass is 10.2. The average molecular weight is 220 g/mol. The lowest BCUT2D eigenvalue weighted by Gasteiger charge is -2.09. The number of hydrogen-bond donors (Lipinski definition) is 0. The molecule has 0 N–H and O–H groups in total. The van der Waals surface area contributed by atoms with Crippen molar-refractivity contribution in [3.63, 3.8) is 0 Å². The summed E-state index contributed by atoms with van der Waals surface area (Å²) in [6, 6.07) is 6.52. The summed E-state index contributed by atoms with van der Waals surface area (Å²) in [6.45, 7) is 2.45. The summed E-state index contributed by atoms with van der Waals surface area (Å²) < 4.78 is 15.6. The van der Waals surface area contributed by atoms with Crippen LogP contribution in [0.1, 0.15) is 6.92 Å². The topological polar surface area (TPSA) is 48.7 Å². The quantitative estimate of drug-likeness (QED) is 0.744. The van der Waals surface area contributed by atoms with Crippen molar-refractivity contribution in [2.24, 2.45) is 0 Å². The summed E-state index contributed by atoms with van der Waals surface area (Å²) in [5.74, 6) is 1.20. The van der Waals surface area contributed by atoms with Crippen molar-refractivity contribution >= 4 is 11.0 Å². The number of rotatable bonds is 3. The lowest BCUT2D eigenvalue weighted by Crippen LogP contribution is -1.98. The molecule has 0 fully saturated rings. The Hall–Kier alpha value is -1.97. The molecule has 0 saturated carbocycles. The van der Waals surface area contributed by atoms with Crippen LogP contribution in [0.4, 0.5) is 0 Å². The molecule has 0 saturated heterocycles. The van der Waals surface area contributed by atoms with Crippen LogP contribution in [-0.4, -0.2) is 13.7 Å². The highest BCUT2D eigenvalue weighted by Gasteiger charge is 2.07. The molecule has 0 radical (unpaired) electrons. The van der Waals surface area contributed by atoms with Crippen molar-refractivity contribution in [1.29, 1.82) is 0 Å². The maximum absolute atomic E-state index is 11.1. The predicted molar refractivity (Wildman–Crippen MR) is 60.2 cm³/mol. The van der Waals surface area contributed by atoms with Crippen LogP contribution in [0.25, 0.3) is 11.0 Å². The Bertz CT molecular complexity index is 556. The number of fused-ring (bicyclic) bond motifs is 1. The van der Waals surface area contributed by atoms with Gasteiger partial charge in [-0.25, -0.2) is 4.79 Å². The summed E-state index contributed by atoms with van der Waals surface area (Å²) in [4.78, 5) is 11.1. The number of benzene rings is 1. The summed E-state index contributed by atoms with van der Waals surface area (Å²) in [7, 11) is 1.55. The molecule has 1 aromatic heterocycles. The van der Waals surface area contributed by atoms with Gasteiger partial charge in [0.25, 0.3) is 0 Å². The van der Waals surface area contributed by atoms with Gasteiger partial charge < -0.3 is 13.9 Å². The third-order valence-corrected chi connectivity index (χ3v) is 2.21. The molecular formula is C12H12O4. The highest BCUT2D eigenvalue weighted by atomic mass is 16.5. The number of hydrogen-bond acceptors (Lipinski definition) is 4. The van der Waals surface area contributed by atoms with Gasteiger partial charge in [-0.1, -0.05) is 0 Å². The first-order valence-electron chi connectivity index (χ1n) is 4.99. The molecular weight excluding hydrogens is 208 g/mol. The van der Waals surface area contributed by atoms with Crippen LogP contribution in [-0.2, 0) is 0 Å². The van der Waals surface area contributed by atoms with Gasteiger partial charge in [0.1, 0.15) is 5.58 Å². The van der Waals surface area contributed by atoms with Gasteiger partial charge in [0.05, 0.1) is 13.7 Å². The van der Waals surface area contributed by atoms with E-state index in [9.17, 15) is 4.79 Å². The van der Waals surface area contributed by atoms with Gasteiger partial charge in [-0.2, -0.15) is 0 Å². The molecule has 16 heavy (non-hydrogen) atoms. The molecule has 0 aliphatic carbocycles. The monoisotopic (exact) mass is 220 g/mol. The molecule has 1 heterocycles. The van der Waals surface area contributed by atoms with Gasteiger partial charge in [-0.05, 0) is 19.1 Å². The Kier molecular flexibility index (Phi) is 2.81. The molecule has 1 aromatic carbocycles. The minimum atomic E-state index is -0.376. The molecule has 0 aliphatic rings. The molecule has 0 spiro atoms. The van der Waals surface area contributed by atoms with E-state index in [2.05, 4.69) is 0 Å². The van der Waals surface area contributed by atoms with E-state index in [-0.39, 0.29) is 5.63 Å². The Morgan fingerprint density at radius 1 is 1.25 bits per heavy atom. The van der Waals surface area contributed by atoms with E-state index in [4.69, 9.17) is 13.9 Å². The van der Waals surface area contributed by atoms with Gasteiger partial charge in [0.2, 0.25) is 0 Å². The molecule has 4 nitrogen and oxygen atoms in total. The fourth-order valence-electron chi connectivity index (χ4n) is 1.50. The Morgan fingerprint density at radius 2 is 2.06 bits per heavy atom. The third-order valence-electron chi connectivity index (χ3n) is 2.21. The number of methoxy groups -OCH3 is 1. The van der Waals surface area contributed by atoms with Crippen LogP contribution in [0.2, 0.25) is 0 Å². The largest absolute Gasteiger partial charge is 0.493 e. The normalized spacial score (nSPS) is 10.4. The minimum absolute atomic E-state index is 0.376. The Morgan fingerprint density at radius 3 is 2.75 bits per heavy atom. The molecule has 0 atom stereocenters. The summed E-state index contributed by atoms with van der Waals surface area (Å²) in [5, 5.41) is 0.809. The van der Waals surface area contributed by atoms with Crippen LogP contribution in [0.15, 0.2) is 33.5 Å². The fraction of sp³-hybridized carbons (Fsp3) is 0.250. The van der Waals surface area contributed by atoms with Crippen molar-refractivity contribution in [1.82, 2.24) is 0 Å². The van der Waals surface area contributed by atoms with Gasteiger partial charge >= 0.3 is 5.63 Å². The zero-order valence-electron chi connectivity index (χ0n) is 9.15. The third kappa shape index (κ3) is 1.86. The molecule has 84 valence electrons. The van der Waals surface area contributed by atoms with Crippen molar-refractivity contribution in [3.8, 4) is 11.5 Å². The standard InChI is InChI=1S/C12H12O4/c1-3-15-11-6-8-4-5-12(13)16-9(8)7-10(11)14-2/h4-7H,3H2,1-2H3. The van der Waals surface area contributed by atoms with E-state index in [0.717, 1.165) is 5.39 Å². The van der Waals surface area contributed by atoms with Crippen LogP contribution in [0, 0.1) is 0 Å². The highest BCUT2D eigenvalue weighted by molar-refractivity contribution is 5.80. The first-order chi connectivity index (χ1) is 7.74. The van der Waals surface area contributed by atoms with Crippen LogP contribution < -0.4 is 15.1 Å². The van der Waals surface area contributed by atoms with Crippen molar-refractivity contribution in [2.45, 2.75) is 6.92 Å². The van der Waals surface area contributed by atoms with E-state index in [0.29, 0.717) is 23.7 Å². The van der Waals surface area contributed by atoms with E-state index < -0.39 is 0 Å². The molecule has 2 rings (SSSR count). The smallest absolute Gasteiger partial charge is 0.336 e. The van der Waals surface area contributed by atoms with E-state index in [1.54, 1.807) is 25.3 Å². The maximum atomic E-state index is 11.1. The van der Waals surface area contributed by atoms with Gasteiger partial charge in [0.15, 0.2) is 11.5 Å².